The summed E-state index contributed by atoms with van der Waals surface area (Å²) in [7, 11) is 0. The Morgan fingerprint density at radius 2 is 1.90 bits per heavy atom. The van der Waals surface area contributed by atoms with E-state index in [4.69, 9.17) is 4.74 Å². The first kappa shape index (κ1) is 21.9. The van der Waals surface area contributed by atoms with Gasteiger partial charge in [-0.25, -0.2) is 18.6 Å². The van der Waals surface area contributed by atoms with Crippen LogP contribution in [-0.4, -0.2) is 21.2 Å². The standard InChI is InChI=1S/C22H20F2N4O3/c1-12(26-21(30)31-22(2,3)4)19-27-18-16(24)9-8-15(23)17(18)20(29)28(19)14-7-5-6-13(10-14)11-25/h5-10,12H,1-4H3,(H,26,30)/t12-/m0/s1. The Morgan fingerprint density at radius 3 is 2.55 bits per heavy atom. The Morgan fingerprint density at radius 1 is 1.23 bits per heavy atom. The topological polar surface area (TPSA) is 97.0 Å². The molecule has 9 heteroatoms. The van der Waals surface area contributed by atoms with Gasteiger partial charge in [0.1, 0.15) is 34.0 Å². The fraction of sp³-hybridized carbons (Fsp3) is 0.273. The molecule has 1 atom stereocenters. The highest BCUT2D eigenvalue weighted by molar-refractivity contribution is 5.79. The molecule has 0 aliphatic heterocycles. The number of fused-ring (bicyclic) bond motifs is 1. The zero-order valence-electron chi connectivity index (χ0n) is 17.4. The molecule has 7 nitrogen and oxygen atoms in total. The van der Waals surface area contributed by atoms with Crippen molar-refractivity contribution in [1.82, 2.24) is 14.9 Å². The molecule has 1 N–H and O–H groups in total. The second-order valence-corrected chi connectivity index (χ2v) is 7.89. The summed E-state index contributed by atoms with van der Waals surface area (Å²) in [5, 5.41) is 11.2. The van der Waals surface area contributed by atoms with Gasteiger partial charge in [0.2, 0.25) is 0 Å². The number of nitrogens with zero attached hydrogens (tertiary/aromatic N) is 3. The summed E-state index contributed by atoms with van der Waals surface area (Å²) in [5.74, 6) is -1.86. The highest BCUT2D eigenvalue weighted by atomic mass is 19.1. The third-order valence-electron chi connectivity index (χ3n) is 4.30. The largest absolute Gasteiger partial charge is 0.444 e. The maximum atomic E-state index is 14.4. The molecule has 0 saturated carbocycles. The zero-order valence-corrected chi connectivity index (χ0v) is 17.4. The quantitative estimate of drug-likeness (QED) is 0.680. The monoisotopic (exact) mass is 426 g/mol. The van der Waals surface area contributed by atoms with Crippen LogP contribution >= 0.6 is 0 Å². The van der Waals surface area contributed by atoms with Crippen LogP contribution < -0.4 is 10.9 Å². The lowest BCUT2D eigenvalue weighted by Crippen LogP contribution is -2.37. The minimum atomic E-state index is -0.932. The molecular weight excluding hydrogens is 406 g/mol. The van der Waals surface area contributed by atoms with Crippen LogP contribution in [0.15, 0.2) is 41.2 Å². The lowest BCUT2D eigenvalue weighted by Gasteiger charge is -2.23. The van der Waals surface area contributed by atoms with Crippen molar-refractivity contribution in [1.29, 1.82) is 5.26 Å². The molecule has 0 radical (unpaired) electrons. The minimum absolute atomic E-state index is 0.0528. The van der Waals surface area contributed by atoms with E-state index >= 15 is 0 Å². The van der Waals surface area contributed by atoms with Crippen molar-refractivity contribution in [3.63, 3.8) is 0 Å². The predicted molar refractivity (Wildman–Crippen MR) is 110 cm³/mol. The number of ether oxygens (including phenoxy) is 1. The van der Waals surface area contributed by atoms with Crippen molar-refractivity contribution in [3.8, 4) is 11.8 Å². The summed E-state index contributed by atoms with van der Waals surface area (Å²) in [6.45, 7) is 6.59. The van der Waals surface area contributed by atoms with Gasteiger partial charge in [-0.1, -0.05) is 6.07 Å². The van der Waals surface area contributed by atoms with E-state index in [0.717, 1.165) is 16.7 Å². The number of nitriles is 1. The van der Waals surface area contributed by atoms with Crippen LogP contribution in [0.25, 0.3) is 16.6 Å². The molecule has 31 heavy (non-hydrogen) atoms. The smallest absolute Gasteiger partial charge is 0.408 e. The number of alkyl carbamates (subject to hydrolysis) is 1. The number of rotatable bonds is 3. The van der Waals surface area contributed by atoms with Crippen LogP contribution in [0.3, 0.4) is 0 Å². The van der Waals surface area contributed by atoms with Gasteiger partial charge >= 0.3 is 6.09 Å². The lowest BCUT2D eigenvalue weighted by atomic mass is 10.1. The highest BCUT2D eigenvalue weighted by Gasteiger charge is 2.24. The zero-order chi connectivity index (χ0) is 22.9. The van der Waals surface area contributed by atoms with E-state index in [9.17, 15) is 23.6 Å². The Balaban J connectivity index is 2.26. The van der Waals surface area contributed by atoms with Crippen LogP contribution in [0.1, 0.15) is 45.1 Å². The number of carbonyl (C=O) groups excluding carboxylic acids is 1. The third kappa shape index (κ3) is 4.53. The number of halogens is 2. The van der Waals surface area contributed by atoms with Gasteiger partial charge in [0.25, 0.3) is 5.56 Å². The van der Waals surface area contributed by atoms with Crippen LogP contribution in [0.2, 0.25) is 0 Å². The van der Waals surface area contributed by atoms with Gasteiger partial charge in [-0.3, -0.25) is 9.36 Å². The van der Waals surface area contributed by atoms with Crippen molar-refractivity contribution < 1.29 is 18.3 Å². The van der Waals surface area contributed by atoms with E-state index in [2.05, 4.69) is 10.3 Å². The molecule has 0 spiro atoms. The van der Waals surface area contributed by atoms with E-state index in [1.165, 1.54) is 25.1 Å². The van der Waals surface area contributed by atoms with Crippen LogP contribution in [0.5, 0.6) is 0 Å². The van der Waals surface area contributed by atoms with Gasteiger partial charge in [0.05, 0.1) is 23.4 Å². The average Bonchev–Trinajstić information content (AvgIpc) is 2.68. The number of amides is 1. The molecule has 1 heterocycles. The molecule has 3 aromatic rings. The molecule has 2 aromatic carbocycles. The molecule has 0 aliphatic rings. The average molecular weight is 426 g/mol. The van der Waals surface area contributed by atoms with Crippen molar-refractivity contribution in [2.45, 2.75) is 39.3 Å². The Labute approximate surface area is 176 Å². The minimum Gasteiger partial charge on any atom is -0.444 e. The second-order valence-electron chi connectivity index (χ2n) is 7.89. The first-order valence-corrected chi connectivity index (χ1v) is 9.42. The van der Waals surface area contributed by atoms with Gasteiger partial charge in [0, 0.05) is 0 Å². The van der Waals surface area contributed by atoms with Crippen molar-refractivity contribution in [2.75, 3.05) is 0 Å². The molecule has 160 valence electrons. The number of nitrogens with one attached hydrogen (secondary N) is 1. The summed E-state index contributed by atoms with van der Waals surface area (Å²) in [6.07, 6.45) is -0.772. The molecule has 3 rings (SSSR count). The summed E-state index contributed by atoms with van der Waals surface area (Å²) in [5.41, 5.74) is -1.62. The Hall–Kier alpha value is -3.80. The fourth-order valence-electron chi connectivity index (χ4n) is 3.04. The third-order valence-corrected chi connectivity index (χ3v) is 4.30. The van der Waals surface area contributed by atoms with Gasteiger partial charge in [-0.15, -0.1) is 0 Å². The van der Waals surface area contributed by atoms with E-state index in [-0.39, 0.29) is 17.1 Å². The van der Waals surface area contributed by atoms with E-state index in [1.54, 1.807) is 26.8 Å². The number of benzene rings is 2. The Bertz CT molecular complexity index is 1270. The molecule has 0 unspecified atom stereocenters. The van der Waals surface area contributed by atoms with Gasteiger partial charge < -0.3 is 10.1 Å². The normalized spacial score (nSPS) is 12.3. The summed E-state index contributed by atoms with van der Waals surface area (Å²) < 4.78 is 35.1. The number of hydrogen-bond acceptors (Lipinski definition) is 5. The molecule has 0 aliphatic carbocycles. The molecule has 1 amide bonds. The summed E-state index contributed by atoms with van der Waals surface area (Å²) >= 11 is 0. The second kappa shape index (κ2) is 8.14. The summed E-state index contributed by atoms with van der Waals surface area (Å²) in [6, 6.07) is 8.78. The van der Waals surface area contributed by atoms with Gasteiger partial charge in [-0.05, 0) is 58.0 Å². The predicted octanol–water partition coefficient (Wildman–Crippen LogP) is 4.12. The molecule has 1 aromatic heterocycles. The maximum absolute atomic E-state index is 14.4. The van der Waals surface area contributed by atoms with Crippen LogP contribution in [0.4, 0.5) is 13.6 Å². The number of carbonyl (C=O) groups is 1. The van der Waals surface area contributed by atoms with Crippen molar-refractivity contribution in [3.05, 3.63) is 69.8 Å². The van der Waals surface area contributed by atoms with Crippen LogP contribution in [-0.2, 0) is 4.74 Å². The number of hydrogen-bond donors (Lipinski definition) is 1. The molecule has 0 fully saturated rings. The number of aromatic nitrogens is 2. The SMILES string of the molecule is C[C@H](NC(=O)OC(C)(C)C)c1nc2c(F)ccc(F)c2c(=O)n1-c1cccc(C#N)c1. The molecule has 0 bridgehead atoms. The Kier molecular flexibility index (Phi) is 5.75. The van der Waals surface area contributed by atoms with E-state index in [1.807, 2.05) is 6.07 Å². The van der Waals surface area contributed by atoms with Crippen molar-refractivity contribution >= 4 is 17.0 Å². The van der Waals surface area contributed by atoms with E-state index < -0.39 is 45.8 Å². The highest BCUT2D eigenvalue weighted by Crippen LogP contribution is 2.22. The summed E-state index contributed by atoms with van der Waals surface area (Å²) in [4.78, 5) is 29.6. The maximum Gasteiger partial charge on any atom is 0.408 e. The lowest BCUT2D eigenvalue weighted by molar-refractivity contribution is 0.0505. The molecule has 0 saturated heterocycles. The van der Waals surface area contributed by atoms with Crippen LogP contribution in [0, 0.1) is 23.0 Å². The van der Waals surface area contributed by atoms with Gasteiger partial charge in [-0.2, -0.15) is 5.26 Å². The first-order chi connectivity index (χ1) is 14.5. The first-order valence-electron chi connectivity index (χ1n) is 9.42. The van der Waals surface area contributed by atoms with Gasteiger partial charge in [0.15, 0.2) is 0 Å². The molecular formula is C22H20F2N4O3. The fourth-order valence-corrected chi connectivity index (χ4v) is 3.04. The van der Waals surface area contributed by atoms with Crippen molar-refractivity contribution in [2.24, 2.45) is 0 Å². The van der Waals surface area contributed by atoms with E-state index in [0.29, 0.717) is 0 Å².